The molecule has 1 aromatic carbocycles. The maximum absolute atomic E-state index is 12.4. The van der Waals surface area contributed by atoms with E-state index in [1.54, 1.807) is 21.0 Å². The maximum atomic E-state index is 12.4. The van der Waals surface area contributed by atoms with Gasteiger partial charge in [-0.2, -0.15) is 5.10 Å². The van der Waals surface area contributed by atoms with Gasteiger partial charge >= 0.3 is 0 Å². The molecule has 1 N–H and O–H groups in total. The lowest BCUT2D eigenvalue weighted by Crippen LogP contribution is -2.26. The third-order valence-electron chi connectivity index (χ3n) is 3.65. The SMILES string of the molecule is CCn1ncc(NC(=O)c2ccc([N+](=O)[O-])c(C)c2)c1C(=O)N(C)C. The number of aryl methyl sites for hydroxylation is 2. The van der Waals surface area contributed by atoms with Crippen molar-refractivity contribution in [1.29, 1.82) is 0 Å². The highest BCUT2D eigenvalue weighted by Gasteiger charge is 2.22. The van der Waals surface area contributed by atoms with Crippen LogP contribution >= 0.6 is 0 Å². The molecule has 0 unspecified atom stereocenters. The summed E-state index contributed by atoms with van der Waals surface area (Å²) in [6.07, 6.45) is 1.41. The Morgan fingerprint density at radius 3 is 2.56 bits per heavy atom. The molecule has 0 aliphatic carbocycles. The molecule has 0 bridgehead atoms. The van der Waals surface area contributed by atoms with Gasteiger partial charge in [-0.1, -0.05) is 0 Å². The molecule has 9 heteroatoms. The number of amides is 2. The van der Waals surface area contributed by atoms with E-state index in [0.717, 1.165) is 0 Å². The summed E-state index contributed by atoms with van der Waals surface area (Å²) in [5, 5.41) is 17.6. The average molecular weight is 345 g/mol. The van der Waals surface area contributed by atoms with E-state index in [2.05, 4.69) is 10.4 Å². The smallest absolute Gasteiger partial charge is 0.273 e. The van der Waals surface area contributed by atoms with Crippen LogP contribution in [0.4, 0.5) is 11.4 Å². The van der Waals surface area contributed by atoms with Gasteiger partial charge in [-0.15, -0.1) is 0 Å². The van der Waals surface area contributed by atoms with Crippen molar-refractivity contribution in [1.82, 2.24) is 14.7 Å². The van der Waals surface area contributed by atoms with Gasteiger partial charge < -0.3 is 10.2 Å². The van der Waals surface area contributed by atoms with E-state index in [-0.39, 0.29) is 22.9 Å². The van der Waals surface area contributed by atoms with E-state index in [0.29, 0.717) is 17.8 Å². The van der Waals surface area contributed by atoms with Crippen LogP contribution < -0.4 is 5.32 Å². The molecule has 0 radical (unpaired) electrons. The summed E-state index contributed by atoms with van der Waals surface area (Å²) < 4.78 is 1.50. The van der Waals surface area contributed by atoms with Crippen LogP contribution in [-0.2, 0) is 6.54 Å². The van der Waals surface area contributed by atoms with E-state index in [9.17, 15) is 19.7 Å². The Bertz CT molecular complexity index is 841. The molecule has 2 amide bonds. The zero-order valence-electron chi connectivity index (χ0n) is 14.4. The highest BCUT2D eigenvalue weighted by molar-refractivity contribution is 6.08. The summed E-state index contributed by atoms with van der Waals surface area (Å²) in [5.74, 6) is -0.754. The molecule has 2 aromatic rings. The van der Waals surface area contributed by atoms with Crippen molar-refractivity contribution in [3.8, 4) is 0 Å². The van der Waals surface area contributed by atoms with Gasteiger partial charge in [0.1, 0.15) is 5.69 Å². The van der Waals surface area contributed by atoms with Crippen LogP contribution in [0.15, 0.2) is 24.4 Å². The minimum absolute atomic E-state index is 0.0566. The number of nitrogens with one attached hydrogen (secondary N) is 1. The molecule has 2 rings (SSSR count). The summed E-state index contributed by atoms with van der Waals surface area (Å²) in [4.78, 5) is 36.5. The van der Waals surface area contributed by atoms with Crippen LogP contribution in [0, 0.1) is 17.0 Å². The fourth-order valence-corrected chi connectivity index (χ4v) is 2.35. The first-order chi connectivity index (χ1) is 11.8. The Kier molecular flexibility index (Phi) is 5.16. The number of hydrogen-bond donors (Lipinski definition) is 1. The van der Waals surface area contributed by atoms with E-state index >= 15 is 0 Å². The molecule has 0 fully saturated rings. The molecule has 132 valence electrons. The van der Waals surface area contributed by atoms with Crippen LogP contribution in [0.1, 0.15) is 33.3 Å². The van der Waals surface area contributed by atoms with Crippen LogP contribution in [0.25, 0.3) is 0 Å². The number of carbonyl (C=O) groups is 2. The molecule has 0 saturated heterocycles. The first kappa shape index (κ1) is 18.1. The lowest BCUT2D eigenvalue weighted by Gasteiger charge is -2.13. The zero-order chi connectivity index (χ0) is 18.7. The number of rotatable bonds is 5. The molecule has 1 aromatic heterocycles. The second kappa shape index (κ2) is 7.12. The predicted molar refractivity (Wildman–Crippen MR) is 91.7 cm³/mol. The summed E-state index contributed by atoms with van der Waals surface area (Å²) in [5.41, 5.74) is 1.15. The van der Waals surface area contributed by atoms with Gasteiger partial charge in [-0.25, -0.2) is 0 Å². The first-order valence-corrected chi connectivity index (χ1v) is 7.60. The maximum Gasteiger partial charge on any atom is 0.273 e. The minimum atomic E-state index is -0.504. The summed E-state index contributed by atoms with van der Waals surface area (Å²) in [6, 6.07) is 4.09. The van der Waals surface area contributed by atoms with Gasteiger partial charge in [0.15, 0.2) is 0 Å². The summed E-state index contributed by atoms with van der Waals surface area (Å²) in [6.45, 7) is 3.87. The number of hydrogen-bond acceptors (Lipinski definition) is 5. The Morgan fingerprint density at radius 2 is 2.04 bits per heavy atom. The Balaban J connectivity index is 2.32. The lowest BCUT2D eigenvalue weighted by molar-refractivity contribution is -0.385. The van der Waals surface area contributed by atoms with Gasteiger partial charge in [0, 0.05) is 37.8 Å². The number of anilines is 1. The average Bonchev–Trinajstić information content (AvgIpc) is 2.95. The second-order valence-corrected chi connectivity index (χ2v) is 5.63. The van der Waals surface area contributed by atoms with Gasteiger partial charge in [-0.05, 0) is 26.0 Å². The second-order valence-electron chi connectivity index (χ2n) is 5.63. The number of nitrogens with zero attached hydrogens (tertiary/aromatic N) is 4. The Hall–Kier alpha value is -3.23. The van der Waals surface area contributed by atoms with Gasteiger partial charge in [0.2, 0.25) is 0 Å². The third kappa shape index (κ3) is 3.65. The molecule has 1 heterocycles. The van der Waals surface area contributed by atoms with Crippen LogP contribution in [0.3, 0.4) is 0 Å². The van der Waals surface area contributed by atoms with Crippen LogP contribution in [0.2, 0.25) is 0 Å². The molecule has 0 aliphatic rings. The number of nitro groups is 1. The van der Waals surface area contributed by atoms with Crippen LogP contribution in [0.5, 0.6) is 0 Å². The molecule has 0 aliphatic heterocycles. The number of carbonyl (C=O) groups excluding carboxylic acids is 2. The number of nitro benzene ring substituents is 1. The van der Waals surface area contributed by atoms with Crippen molar-refractivity contribution in [2.45, 2.75) is 20.4 Å². The van der Waals surface area contributed by atoms with Gasteiger partial charge in [-0.3, -0.25) is 24.4 Å². The van der Waals surface area contributed by atoms with Gasteiger partial charge in [0.25, 0.3) is 17.5 Å². The first-order valence-electron chi connectivity index (χ1n) is 7.60. The lowest BCUT2D eigenvalue weighted by atomic mass is 10.1. The molecular formula is C16H19N5O4. The fraction of sp³-hybridized carbons (Fsp3) is 0.312. The van der Waals surface area contributed by atoms with Crippen molar-refractivity contribution in [3.63, 3.8) is 0 Å². The highest BCUT2D eigenvalue weighted by atomic mass is 16.6. The summed E-state index contributed by atoms with van der Waals surface area (Å²) in [7, 11) is 3.22. The Morgan fingerprint density at radius 1 is 1.36 bits per heavy atom. The van der Waals surface area contributed by atoms with Crippen molar-refractivity contribution in [2.75, 3.05) is 19.4 Å². The predicted octanol–water partition coefficient (Wildman–Crippen LogP) is 2.07. The standard InChI is InChI=1S/C16H19N5O4/c1-5-20-14(16(23)19(3)4)12(9-17-20)18-15(22)11-6-7-13(21(24)25)10(2)8-11/h6-9H,5H2,1-4H3,(H,18,22). The number of aromatic nitrogens is 2. The minimum Gasteiger partial charge on any atom is -0.343 e. The Labute approximate surface area is 144 Å². The quantitative estimate of drug-likeness (QED) is 0.659. The van der Waals surface area contributed by atoms with E-state index in [4.69, 9.17) is 0 Å². The van der Waals surface area contributed by atoms with Crippen molar-refractivity contribution in [3.05, 3.63) is 51.3 Å². The van der Waals surface area contributed by atoms with E-state index in [1.807, 2.05) is 6.92 Å². The molecule has 9 nitrogen and oxygen atoms in total. The number of benzene rings is 1. The molecular weight excluding hydrogens is 326 g/mol. The fourth-order valence-electron chi connectivity index (χ4n) is 2.35. The molecule has 0 saturated carbocycles. The third-order valence-corrected chi connectivity index (χ3v) is 3.65. The van der Waals surface area contributed by atoms with E-state index < -0.39 is 10.8 Å². The monoisotopic (exact) mass is 345 g/mol. The van der Waals surface area contributed by atoms with E-state index in [1.165, 1.54) is 34.0 Å². The topological polar surface area (TPSA) is 110 Å². The van der Waals surface area contributed by atoms with Crippen molar-refractivity contribution in [2.24, 2.45) is 0 Å². The van der Waals surface area contributed by atoms with Crippen molar-refractivity contribution >= 4 is 23.2 Å². The normalized spacial score (nSPS) is 10.4. The summed E-state index contributed by atoms with van der Waals surface area (Å²) >= 11 is 0. The van der Waals surface area contributed by atoms with Crippen molar-refractivity contribution < 1.29 is 14.5 Å². The largest absolute Gasteiger partial charge is 0.343 e. The highest BCUT2D eigenvalue weighted by Crippen LogP contribution is 2.21. The molecule has 25 heavy (non-hydrogen) atoms. The molecule has 0 atom stereocenters. The van der Waals surface area contributed by atoms with Crippen LogP contribution in [-0.4, -0.2) is 45.5 Å². The zero-order valence-corrected chi connectivity index (χ0v) is 14.4. The molecule has 0 spiro atoms. The van der Waals surface area contributed by atoms with Gasteiger partial charge in [0.05, 0.1) is 16.8 Å².